The number of aliphatic hydroxyl groups is 1. The van der Waals surface area contributed by atoms with Crippen LogP contribution in [0.3, 0.4) is 0 Å². The normalized spacial score (nSPS) is 20.8. The van der Waals surface area contributed by atoms with Crippen LogP contribution in [0.15, 0.2) is 4.47 Å². The van der Waals surface area contributed by atoms with E-state index in [2.05, 4.69) is 28.0 Å². The molecule has 0 amide bonds. The largest absolute Gasteiger partial charge is 0.392 e. The van der Waals surface area contributed by atoms with Crippen molar-refractivity contribution in [2.45, 2.75) is 52.1 Å². The maximum absolute atomic E-state index is 10.5. The van der Waals surface area contributed by atoms with Gasteiger partial charge in [-0.15, -0.1) is 0 Å². The fourth-order valence-electron chi connectivity index (χ4n) is 2.85. The van der Waals surface area contributed by atoms with Crippen LogP contribution >= 0.6 is 15.9 Å². The third-order valence-electron chi connectivity index (χ3n) is 4.20. The van der Waals surface area contributed by atoms with Crippen LogP contribution in [0.4, 0.5) is 0 Å². The molecular weight excluding hydrogens is 280 g/mol. The topological polar surface area (TPSA) is 38.0 Å². The lowest BCUT2D eigenvalue weighted by Gasteiger charge is -2.30. The molecule has 1 aliphatic rings. The first-order valence-electron chi connectivity index (χ1n) is 6.30. The quantitative estimate of drug-likeness (QED) is 0.932. The molecule has 1 unspecified atom stereocenters. The molecule has 1 aromatic rings. The standard InChI is InChI=1S/C13H21BrN2O/c1-9-12(14)10(16(3)15-9)8-11(17)13(2)6-4-5-7-13/h11,17H,4-8H2,1-3H3. The second kappa shape index (κ2) is 4.73. The zero-order valence-corrected chi connectivity index (χ0v) is 12.4. The Labute approximate surface area is 111 Å². The van der Waals surface area contributed by atoms with E-state index in [1.165, 1.54) is 12.8 Å². The van der Waals surface area contributed by atoms with Crippen molar-refractivity contribution in [3.05, 3.63) is 15.9 Å². The van der Waals surface area contributed by atoms with Crippen LogP contribution in [-0.4, -0.2) is 21.0 Å². The second-order valence-electron chi connectivity index (χ2n) is 5.55. The van der Waals surface area contributed by atoms with Gasteiger partial charge < -0.3 is 5.11 Å². The third-order valence-corrected chi connectivity index (χ3v) is 5.23. The Hall–Kier alpha value is -0.350. The molecule has 0 saturated heterocycles. The van der Waals surface area contributed by atoms with Crippen molar-refractivity contribution < 1.29 is 5.11 Å². The summed E-state index contributed by atoms with van der Waals surface area (Å²) in [6, 6.07) is 0. The molecule has 0 aromatic carbocycles. The van der Waals surface area contributed by atoms with Crippen molar-refractivity contribution in [1.82, 2.24) is 9.78 Å². The Kier molecular flexibility index (Phi) is 3.64. The maximum atomic E-state index is 10.5. The van der Waals surface area contributed by atoms with Crippen LogP contribution in [0.1, 0.15) is 44.0 Å². The fraction of sp³-hybridized carbons (Fsp3) is 0.769. The van der Waals surface area contributed by atoms with Crippen molar-refractivity contribution in [2.75, 3.05) is 0 Å². The summed E-state index contributed by atoms with van der Waals surface area (Å²) < 4.78 is 2.92. The Bertz CT molecular complexity index is 408. The van der Waals surface area contributed by atoms with E-state index >= 15 is 0 Å². The Morgan fingerprint density at radius 1 is 1.47 bits per heavy atom. The maximum Gasteiger partial charge on any atom is 0.0738 e. The highest BCUT2D eigenvalue weighted by atomic mass is 79.9. The average molecular weight is 301 g/mol. The zero-order valence-electron chi connectivity index (χ0n) is 10.8. The second-order valence-corrected chi connectivity index (χ2v) is 6.34. The van der Waals surface area contributed by atoms with Gasteiger partial charge in [-0.05, 0) is 41.1 Å². The van der Waals surface area contributed by atoms with Crippen molar-refractivity contribution in [1.29, 1.82) is 0 Å². The lowest BCUT2D eigenvalue weighted by molar-refractivity contribution is 0.0408. The molecule has 1 fully saturated rings. The lowest BCUT2D eigenvalue weighted by Crippen LogP contribution is -2.32. The highest BCUT2D eigenvalue weighted by molar-refractivity contribution is 9.10. The molecular formula is C13H21BrN2O. The number of aliphatic hydroxyl groups excluding tert-OH is 1. The zero-order chi connectivity index (χ0) is 12.6. The molecule has 3 nitrogen and oxygen atoms in total. The number of aromatic nitrogens is 2. The van der Waals surface area contributed by atoms with E-state index in [1.54, 1.807) is 0 Å². The first kappa shape index (κ1) is 13.1. The monoisotopic (exact) mass is 300 g/mol. The van der Waals surface area contributed by atoms with E-state index in [1.807, 2.05) is 18.7 Å². The molecule has 0 spiro atoms. The third kappa shape index (κ3) is 2.43. The van der Waals surface area contributed by atoms with E-state index in [9.17, 15) is 5.11 Å². The molecule has 1 atom stereocenters. The predicted molar refractivity (Wildman–Crippen MR) is 71.9 cm³/mol. The van der Waals surface area contributed by atoms with Gasteiger partial charge in [-0.2, -0.15) is 5.10 Å². The molecule has 1 saturated carbocycles. The van der Waals surface area contributed by atoms with Crippen LogP contribution in [0.2, 0.25) is 0 Å². The fourth-order valence-corrected chi connectivity index (χ4v) is 3.35. The summed E-state index contributed by atoms with van der Waals surface area (Å²) in [7, 11) is 1.94. The summed E-state index contributed by atoms with van der Waals surface area (Å²) in [5.41, 5.74) is 2.19. The highest BCUT2D eigenvalue weighted by Crippen LogP contribution is 2.42. The summed E-state index contributed by atoms with van der Waals surface area (Å²) in [5.74, 6) is 0. The van der Waals surface area contributed by atoms with Gasteiger partial charge in [0, 0.05) is 13.5 Å². The van der Waals surface area contributed by atoms with E-state index in [4.69, 9.17) is 0 Å². The molecule has 0 radical (unpaired) electrons. The van der Waals surface area contributed by atoms with Gasteiger partial charge in [0.15, 0.2) is 0 Å². The number of halogens is 1. The lowest BCUT2D eigenvalue weighted by atomic mass is 9.80. The van der Waals surface area contributed by atoms with Crippen molar-refractivity contribution >= 4 is 15.9 Å². The molecule has 4 heteroatoms. The Morgan fingerprint density at radius 2 is 2.06 bits per heavy atom. The summed E-state index contributed by atoms with van der Waals surface area (Å²) in [4.78, 5) is 0. The van der Waals surface area contributed by atoms with Gasteiger partial charge in [-0.1, -0.05) is 19.8 Å². The highest BCUT2D eigenvalue weighted by Gasteiger charge is 2.36. The van der Waals surface area contributed by atoms with Crippen LogP contribution < -0.4 is 0 Å². The summed E-state index contributed by atoms with van der Waals surface area (Å²) in [6.07, 6.45) is 5.20. The molecule has 1 heterocycles. The van der Waals surface area contributed by atoms with Gasteiger partial charge in [0.1, 0.15) is 0 Å². The van der Waals surface area contributed by atoms with E-state index in [-0.39, 0.29) is 11.5 Å². The van der Waals surface area contributed by atoms with E-state index < -0.39 is 0 Å². The van der Waals surface area contributed by atoms with Crippen molar-refractivity contribution in [3.63, 3.8) is 0 Å². The average Bonchev–Trinajstić information content (AvgIpc) is 2.80. The summed E-state index contributed by atoms with van der Waals surface area (Å²) >= 11 is 3.56. The van der Waals surface area contributed by atoms with Gasteiger partial charge in [0.25, 0.3) is 0 Å². The molecule has 0 bridgehead atoms. The van der Waals surface area contributed by atoms with Gasteiger partial charge >= 0.3 is 0 Å². The van der Waals surface area contributed by atoms with Crippen LogP contribution in [0.25, 0.3) is 0 Å². The molecule has 0 aliphatic heterocycles. The van der Waals surface area contributed by atoms with Gasteiger partial charge in [0.05, 0.1) is 22.0 Å². The SMILES string of the molecule is Cc1nn(C)c(CC(O)C2(C)CCCC2)c1Br. The van der Waals surface area contributed by atoms with Crippen molar-refractivity contribution in [3.8, 4) is 0 Å². The number of rotatable bonds is 3. The number of aryl methyl sites for hydroxylation is 2. The van der Waals surface area contributed by atoms with Crippen LogP contribution in [0, 0.1) is 12.3 Å². The van der Waals surface area contributed by atoms with Gasteiger partial charge in [-0.25, -0.2) is 0 Å². The molecule has 1 aromatic heterocycles. The minimum absolute atomic E-state index is 0.0949. The van der Waals surface area contributed by atoms with Crippen molar-refractivity contribution in [2.24, 2.45) is 12.5 Å². The first-order valence-corrected chi connectivity index (χ1v) is 7.09. The minimum Gasteiger partial charge on any atom is -0.392 e. The predicted octanol–water partition coefficient (Wildman–Crippen LogP) is 2.97. The van der Waals surface area contributed by atoms with Crippen LogP contribution in [0.5, 0.6) is 0 Å². The molecule has 17 heavy (non-hydrogen) atoms. The Morgan fingerprint density at radius 3 is 2.53 bits per heavy atom. The molecule has 1 N–H and O–H groups in total. The first-order chi connectivity index (χ1) is 7.94. The van der Waals surface area contributed by atoms with Gasteiger partial charge in [0.2, 0.25) is 0 Å². The van der Waals surface area contributed by atoms with Gasteiger partial charge in [-0.3, -0.25) is 4.68 Å². The Balaban J connectivity index is 2.15. The minimum atomic E-state index is -0.268. The van der Waals surface area contributed by atoms with Crippen LogP contribution in [-0.2, 0) is 13.5 Å². The summed E-state index contributed by atoms with van der Waals surface area (Å²) in [6.45, 7) is 4.19. The molecule has 96 valence electrons. The summed E-state index contributed by atoms with van der Waals surface area (Å²) in [5, 5.41) is 14.8. The van der Waals surface area contributed by atoms with E-state index in [0.29, 0.717) is 6.42 Å². The number of hydrogen-bond donors (Lipinski definition) is 1. The molecule has 1 aliphatic carbocycles. The number of hydrogen-bond acceptors (Lipinski definition) is 2. The number of nitrogens with zero attached hydrogens (tertiary/aromatic N) is 2. The molecule has 2 rings (SSSR count). The van der Waals surface area contributed by atoms with E-state index in [0.717, 1.165) is 28.7 Å². The smallest absolute Gasteiger partial charge is 0.0738 e.